The molecule has 6 nitrogen and oxygen atoms in total. The van der Waals surface area contributed by atoms with E-state index in [4.69, 9.17) is 9.47 Å². The van der Waals surface area contributed by atoms with Crippen LogP contribution in [0.25, 0.3) is 0 Å². The van der Waals surface area contributed by atoms with Gasteiger partial charge in [-0.05, 0) is 16.9 Å². The van der Waals surface area contributed by atoms with E-state index in [0.29, 0.717) is 12.2 Å². The lowest BCUT2D eigenvalue weighted by Gasteiger charge is -2.41. The van der Waals surface area contributed by atoms with Gasteiger partial charge in [0, 0.05) is 6.42 Å². The molecule has 1 aliphatic heterocycles. The van der Waals surface area contributed by atoms with Crippen molar-refractivity contribution in [3.05, 3.63) is 23.5 Å². The number of hydrogen-bond donors (Lipinski definition) is 4. The summed E-state index contributed by atoms with van der Waals surface area (Å²) in [6.45, 7) is 7.80. The van der Waals surface area contributed by atoms with E-state index in [2.05, 4.69) is 33.8 Å². The van der Waals surface area contributed by atoms with Crippen LogP contribution in [0, 0.1) is 11.3 Å². The van der Waals surface area contributed by atoms with Crippen LogP contribution in [0.4, 0.5) is 0 Å². The van der Waals surface area contributed by atoms with Crippen LogP contribution in [0.3, 0.4) is 0 Å². The third-order valence-corrected chi connectivity index (χ3v) is 4.38. The van der Waals surface area contributed by atoms with Crippen molar-refractivity contribution in [3.63, 3.8) is 0 Å². The van der Waals surface area contributed by atoms with Crippen LogP contribution in [0.2, 0.25) is 0 Å². The fourth-order valence-electron chi connectivity index (χ4n) is 2.91. The third-order valence-electron chi connectivity index (χ3n) is 4.38. The Labute approximate surface area is 137 Å². The Morgan fingerprint density at radius 1 is 1.22 bits per heavy atom. The van der Waals surface area contributed by atoms with Gasteiger partial charge in [0.15, 0.2) is 0 Å². The summed E-state index contributed by atoms with van der Waals surface area (Å²) in [7, 11) is 0. The second-order valence-corrected chi connectivity index (χ2v) is 7.35. The summed E-state index contributed by atoms with van der Waals surface area (Å²) in [5.41, 5.74) is 0.934. The van der Waals surface area contributed by atoms with Crippen LogP contribution in [0.15, 0.2) is 23.5 Å². The first-order valence-electron chi connectivity index (χ1n) is 8.05. The fraction of sp³-hybridized carbons (Fsp3) is 0.765. The number of ether oxygens (including phenoxy) is 2. The van der Waals surface area contributed by atoms with Crippen LogP contribution in [0.1, 0.15) is 34.1 Å². The highest BCUT2D eigenvalue weighted by atomic mass is 16.7. The van der Waals surface area contributed by atoms with Crippen LogP contribution in [0.5, 0.6) is 0 Å². The molecule has 0 bridgehead atoms. The standard InChI is InChI=1S/C17H28O6/c1-9(2)10-5-6-17(3,4)7-11(10)22-16-15(21)14(20)13(19)12(8-18)23-16/h5-6,9,12-16,18-21H,7-8H2,1-4H3/t12-,13-,14+,15-,16-/m1/s1. The van der Waals surface area contributed by atoms with Crippen molar-refractivity contribution < 1.29 is 29.9 Å². The Morgan fingerprint density at radius 2 is 1.87 bits per heavy atom. The van der Waals surface area contributed by atoms with Gasteiger partial charge in [-0.15, -0.1) is 0 Å². The molecule has 2 aliphatic rings. The lowest BCUT2D eigenvalue weighted by atomic mass is 9.80. The van der Waals surface area contributed by atoms with Gasteiger partial charge in [-0.1, -0.05) is 39.8 Å². The second-order valence-electron chi connectivity index (χ2n) is 7.35. The van der Waals surface area contributed by atoms with E-state index >= 15 is 0 Å². The van der Waals surface area contributed by atoms with Crippen molar-refractivity contribution >= 4 is 0 Å². The Morgan fingerprint density at radius 3 is 2.43 bits per heavy atom. The summed E-state index contributed by atoms with van der Waals surface area (Å²) in [5.74, 6) is 0.944. The smallest absolute Gasteiger partial charge is 0.228 e. The summed E-state index contributed by atoms with van der Waals surface area (Å²) < 4.78 is 11.3. The molecule has 6 heteroatoms. The van der Waals surface area contributed by atoms with Crippen molar-refractivity contribution in [2.75, 3.05) is 6.61 Å². The molecule has 0 unspecified atom stereocenters. The van der Waals surface area contributed by atoms with Crippen LogP contribution < -0.4 is 0 Å². The quantitative estimate of drug-likeness (QED) is 0.606. The minimum absolute atomic E-state index is 0.0815. The predicted molar refractivity (Wildman–Crippen MR) is 84.3 cm³/mol. The van der Waals surface area contributed by atoms with Crippen LogP contribution in [-0.4, -0.2) is 57.7 Å². The molecule has 1 saturated heterocycles. The average Bonchev–Trinajstić information content (AvgIpc) is 2.46. The maximum absolute atomic E-state index is 10.1. The van der Waals surface area contributed by atoms with Gasteiger partial charge in [0.05, 0.1) is 6.61 Å². The van der Waals surface area contributed by atoms with E-state index in [9.17, 15) is 20.4 Å². The molecule has 1 fully saturated rings. The van der Waals surface area contributed by atoms with Gasteiger partial charge in [-0.25, -0.2) is 0 Å². The first-order chi connectivity index (χ1) is 10.7. The Bertz CT molecular complexity index is 479. The summed E-state index contributed by atoms with van der Waals surface area (Å²) in [4.78, 5) is 0. The lowest BCUT2D eigenvalue weighted by Crippen LogP contribution is -2.59. The Kier molecular flexibility index (Phi) is 5.53. The highest BCUT2D eigenvalue weighted by Gasteiger charge is 2.45. The zero-order valence-electron chi connectivity index (χ0n) is 14.1. The van der Waals surface area contributed by atoms with Gasteiger partial charge in [0.2, 0.25) is 6.29 Å². The van der Waals surface area contributed by atoms with Crippen molar-refractivity contribution in [3.8, 4) is 0 Å². The number of rotatable bonds is 4. The van der Waals surface area contributed by atoms with E-state index in [-0.39, 0.29) is 11.3 Å². The summed E-state index contributed by atoms with van der Waals surface area (Å²) in [5, 5.41) is 39.1. The number of aliphatic hydroxyl groups is 4. The predicted octanol–water partition coefficient (Wildman–Crippen LogP) is 0.699. The molecule has 1 heterocycles. The molecule has 0 radical (unpaired) electrons. The van der Waals surface area contributed by atoms with Gasteiger partial charge in [0.25, 0.3) is 0 Å². The zero-order chi connectivity index (χ0) is 17.4. The largest absolute Gasteiger partial charge is 0.466 e. The molecule has 0 aromatic carbocycles. The van der Waals surface area contributed by atoms with Gasteiger partial charge < -0.3 is 29.9 Å². The minimum atomic E-state index is -1.43. The molecule has 4 N–H and O–H groups in total. The van der Waals surface area contributed by atoms with Crippen molar-refractivity contribution in [1.82, 2.24) is 0 Å². The van der Waals surface area contributed by atoms with Gasteiger partial charge in [0.1, 0.15) is 30.2 Å². The van der Waals surface area contributed by atoms with E-state index in [0.717, 1.165) is 5.57 Å². The first-order valence-corrected chi connectivity index (χ1v) is 8.05. The van der Waals surface area contributed by atoms with E-state index in [1.54, 1.807) is 0 Å². The molecular weight excluding hydrogens is 300 g/mol. The molecule has 23 heavy (non-hydrogen) atoms. The molecule has 0 saturated carbocycles. The highest BCUT2D eigenvalue weighted by molar-refractivity contribution is 5.31. The molecule has 0 aromatic rings. The topological polar surface area (TPSA) is 99.4 Å². The van der Waals surface area contributed by atoms with Crippen molar-refractivity contribution in [2.45, 2.75) is 64.8 Å². The summed E-state index contributed by atoms with van der Waals surface area (Å²) in [6, 6.07) is 0. The molecule has 0 spiro atoms. The molecular formula is C17H28O6. The number of aliphatic hydroxyl groups excluding tert-OH is 4. The van der Waals surface area contributed by atoms with Gasteiger partial charge >= 0.3 is 0 Å². The highest BCUT2D eigenvalue weighted by Crippen LogP contribution is 2.38. The maximum atomic E-state index is 10.1. The van der Waals surface area contributed by atoms with Crippen LogP contribution >= 0.6 is 0 Å². The normalized spacial score (nSPS) is 37.3. The van der Waals surface area contributed by atoms with E-state index in [1.807, 2.05) is 6.08 Å². The monoisotopic (exact) mass is 328 g/mol. The fourth-order valence-corrected chi connectivity index (χ4v) is 2.91. The lowest BCUT2D eigenvalue weighted by molar-refractivity contribution is -0.292. The van der Waals surface area contributed by atoms with Gasteiger partial charge in [-0.2, -0.15) is 0 Å². The number of allylic oxidation sites excluding steroid dienone is 4. The Balaban J connectivity index is 2.22. The van der Waals surface area contributed by atoms with E-state index < -0.39 is 37.3 Å². The van der Waals surface area contributed by atoms with Crippen molar-refractivity contribution in [2.24, 2.45) is 11.3 Å². The average molecular weight is 328 g/mol. The number of hydrogen-bond acceptors (Lipinski definition) is 6. The molecule has 2 rings (SSSR count). The summed E-state index contributed by atoms with van der Waals surface area (Å²) in [6.07, 6.45) is -1.49. The second kappa shape index (κ2) is 6.91. The zero-order valence-corrected chi connectivity index (χ0v) is 14.1. The Hall–Kier alpha value is -0.920. The maximum Gasteiger partial charge on any atom is 0.228 e. The molecule has 5 atom stereocenters. The van der Waals surface area contributed by atoms with Gasteiger partial charge in [-0.3, -0.25) is 0 Å². The van der Waals surface area contributed by atoms with Crippen LogP contribution in [-0.2, 0) is 9.47 Å². The SMILES string of the molecule is CC(C)C1=C(O[C@@H]2O[C@H](CO)[C@@H](O)[C@H](O)[C@H]2O)CC(C)(C)C=C1. The molecule has 0 amide bonds. The van der Waals surface area contributed by atoms with E-state index in [1.165, 1.54) is 0 Å². The minimum Gasteiger partial charge on any atom is -0.466 e. The van der Waals surface area contributed by atoms with Crippen molar-refractivity contribution in [1.29, 1.82) is 0 Å². The molecule has 1 aliphatic carbocycles. The molecule has 0 aromatic heterocycles. The molecule has 132 valence electrons. The third kappa shape index (κ3) is 3.95. The first kappa shape index (κ1) is 18.4. The summed E-state index contributed by atoms with van der Waals surface area (Å²) >= 11 is 0.